The van der Waals surface area contributed by atoms with Gasteiger partial charge in [-0.25, -0.2) is 9.97 Å². The lowest BCUT2D eigenvalue weighted by atomic mass is 10.2. The minimum Gasteiger partial charge on any atom is -0.384 e. The second kappa shape index (κ2) is 5.35. The van der Waals surface area contributed by atoms with Crippen LogP contribution in [0.15, 0.2) is 34.8 Å². The third-order valence-corrected chi connectivity index (χ3v) is 3.37. The van der Waals surface area contributed by atoms with Gasteiger partial charge in [-0.05, 0) is 18.6 Å². The summed E-state index contributed by atoms with van der Waals surface area (Å²) in [6, 6.07) is 9.92. The summed E-state index contributed by atoms with van der Waals surface area (Å²) in [6.45, 7) is 2.60. The molecule has 0 amide bonds. The lowest BCUT2D eigenvalue weighted by molar-refractivity contribution is 0.878. The molecule has 0 atom stereocenters. The van der Waals surface area contributed by atoms with Crippen LogP contribution in [0.4, 0.5) is 11.6 Å². The summed E-state index contributed by atoms with van der Waals surface area (Å²) < 4.78 is 1.09. The molecular formula is C13H15BrN4. The number of anilines is 2. The van der Waals surface area contributed by atoms with Gasteiger partial charge in [0.05, 0.1) is 0 Å². The van der Waals surface area contributed by atoms with Crippen LogP contribution in [-0.4, -0.2) is 17.0 Å². The van der Waals surface area contributed by atoms with E-state index >= 15 is 0 Å². The molecule has 2 rings (SSSR count). The molecule has 0 aliphatic carbocycles. The molecular weight excluding hydrogens is 292 g/mol. The van der Waals surface area contributed by atoms with Crippen LogP contribution in [0.1, 0.15) is 11.4 Å². The second-order valence-electron chi connectivity index (χ2n) is 4.15. The number of hydrogen-bond acceptors (Lipinski definition) is 4. The molecule has 1 aromatic carbocycles. The van der Waals surface area contributed by atoms with Gasteiger partial charge >= 0.3 is 0 Å². The Morgan fingerprint density at radius 2 is 2.00 bits per heavy atom. The predicted molar refractivity (Wildman–Crippen MR) is 77.4 cm³/mol. The van der Waals surface area contributed by atoms with Crippen molar-refractivity contribution in [3.63, 3.8) is 0 Å². The highest BCUT2D eigenvalue weighted by Gasteiger charge is 2.07. The lowest BCUT2D eigenvalue weighted by Crippen LogP contribution is -2.19. The summed E-state index contributed by atoms with van der Waals surface area (Å²) in [5.74, 6) is 2.01. The monoisotopic (exact) mass is 306 g/mol. The van der Waals surface area contributed by atoms with Crippen LogP contribution >= 0.6 is 15.9 Å². The summed E-state index contributed by atoms with van der Waals surface area (Å²) >= 11 is 3.54. The van der Waals surface area contributed by atoms with Crippen molar-refractivity contribution in [1.82, 2.24) is 9.97 Å². The molecule has 0 radical (unpaired) electrons. The van der Waals surface area contributed by atoms with Gasteiger partial charge < -0.3 is 10.6 Å². The Labute approximate surface area is 115 Å². The standard InChI is InChI=1S/C13H15BrN4/c1-9-16-12(15)7-13(17-9)18(2)8-10-5-3-4-6-11(10)14/h3-7H,8H2,1-2H3,(H2,15,16,17). The summed E-state index contributed by atoms with van der Waals surface area (Å²) in [5, 5.41) is 0. The van der Waals surface area contributed by atoms with Gasteiger partial charge in [0.25, 0.3) is 0 Å². The van der Waals surface area contributed by atoms with E-state index in [4.69, 9.17) is 5.73 Å². The van der Waals surface area contributed by atoms with Gasteiger partial charge in [0.2, 0.25) is 0 Å². The van der Waals surface area contributed by atoms with Gasteiger partial charge in [-0.3, -0.25) is 0 Å². The topological polar surface area (TPSA) is 55.0 Å². The number of hydrogen-bond donors (Lipinski definition) is 1. The number of nitrogens with two attached hydrogens (primary N) is 1. The summed E-state index contributed by atoms with van der Waals surface area (Å²) in [7, 11) is 1.99. The zero-order valence-corrected chi connectivity index (χ0v) is 12.0. The maximum atomic E-state index is 5.73. The first kappa shape index (κ1) is 12.8. The number of benzene rings is 1. The van der Waals surface area contributed by atoms with Crippen molar-refractivity contribution in [2.24, 2.45) is 0 Å². The summed E-state index contributed by atoms with van der Waals surface area (Å²) in [6.07, 6.45) is 0. The lowest BCUT2D eigenvalue weighted by Gasteiger charge is -2.19. The fourth-order valence-electron chi connectivity index (χ4n) is 1.73. The van der Waals surface area contributed by atoms with E-state index in [0.717, 1.165) is 16.8 Å². The molecule has 2 aromatic rings. The van der Waals surface area contributed by atoms with Crippen LogP contribution < -0.4 is 10.6 Å². The molecule has 0 saturated carbocycles. The van der Waals surface area contributed by atoms with E-state index in [2.05, 4.69) is 32.0 Å². The average Bonchev–Trinajstić information content (AvgIpc) is 2.31. The summed E-state index contributed by atoms with van der Waals surface area (Å²) in [5.41, 5.74) is 6.94. The molecule has 1 heterocycles. The Kier molecular flexibility index (Phi) is 3.81. The SMILES string of the molecule is Cc1nc(N)cc(N(C)Cc2ccccc2Br)n1. The zero-order valence-electron chi connectivity index (χ0n) is 10.4. The first-order chi connectivity index (χ1) is 8.56. The van der Waals surface area contributed by atoms with E-state index in [1.807, 2.05) is 37.1 Å². The number of nitrogen functional groups attached to an aromatic ring is 1. The maximum absolute atomic E-state index is 5.73. The Balaban J connectivity index is 2.22. The van der Waals surface area contributed by atoms with E-state index in [1.54, 1.807) is 6.07 Å². The van der Waals surface area contributed by atoms with Crippen LogP contribution in [0, 0.1) is 6.92 Å². The van der Waals surface area contributed by atoms with E-state index in [9.17, 15) is 0 Å². The first-order valence-electron chi connectivity index (χ1n) is 5.62. The van der Waals surface area contributed by atoms with Crippen LogP contribution in [0.25, 0.3) is 0 Å². The fraction of sp³-hybridized carbons (Fsp3) is 0.231. The van der Waals surface area contributed by atoms with Crippen molar-refractivity contribution < 1.29 is 0 Å². The van der Waals surface area contributed by atoms with Crippen LogP contribution in [0.2, 0.25) is 0 Å². The van der Waals surface area contributed by atoms with Gasteiger partial charge in [0.15, 0.2) is 0 Å². The minimum absolute atomic E-state index is 0.497. The van der Waals surface area contributed by atoms with Crippen LogP contribution in [-0.2, 0) is 6.54 Å². The van der Waals surface area contributed by atoms with Gasteiger partial charge in [-0.15, -0.1) is 0 Å². The van der Waals surface area contributed by atoms with Crippen molar-refractivity contribution >= 4 is 27.6 Å². The van der Waals surface area contributed by atoms with Crippen molar-refractivity contribution in [2.75, 3.05) is 17.7 Å². The molecule has 2 N–H and O–H groups in total. The van der Waals surface area contributed by atoms with Crippen molar-refractivity contribution in [3.8, 4) is 0 Å². The van der Waals surface area contributed by atoms with E-state index in [1.165, 1.54) is 5.56 Å². The molecule has 0 spiro atoms. The molecule has 0 aliphatic rings. The highest BCUT2D eigenvalue weighted by Crippen LogP contribution is 2.20. The Morgan fingerprint density at radius 1 is 1.28 bits per heavy atom. The molecule has 5 heteroatoms. The van der Waals surface area contributed by atoms with Crippen molar-refractivity contribution in [2.45, 2.75) is 13.5 Å². The number of nitrogens with zero attached hydrogens (tertiary/aromatic N) is 3. The smallest absolute Gasteiger partial charge is 0.134 e. The Hall–Kier alpha value is -1.62. The van der Waals surface area contributed by atoms with Gasteiger partial charge in [-0.2, -0.15) is 0 Å². The molecule has 0 fully saturated rings. The molecule has 0 unspecified atom stereocenters. The Morgan fingerprint density at radius 3 is 2.67 bits per heavy atom. The zero-order chi connectivity index (χ0) is 13.1. The molecule has 18 heavy (non-hydrogen) atoms. The van der Waals surface area contributed by atoms with Crippen molar-refractivity contribution in [1.29, 1.82) is 0 Å². The number of rotatable bonds is 3. The normalized spacial score (nSPS) is 10.4. The molecule has 0 aliphatic heterocycles. The quantitative estimate of drug-likeness (QED) is 0.947. The average molecular weight is 307 g/mol. The molecule has 4 nitrogen and oxygen atoms in total. The third kappa shape index (κ3) is 2.98. The largest absolute Gasteiger partial charge is 0.384 e. The minimum atomic E-state index is 0.497. The highest BCUT2D eigenvalue weighted by molar-refractivity contribution is 9.10. The molecule has 0 saturated heterocycles. The highest BCUT2D eigenvalue weighted by atomic mass is 79.9. The third-order valence-electron chi connectivity index (χ3n) is 2.60. The van der Waals surface area contributed by atoms with Gasteiger partial charge in [0.1, 0.15) is 17.5 Å². The number of aromatic nitrogens is 2. The second-order valence-corrected chi connectivity index (χ2v) is 5.00. The van der Waals surface area contributed by atoms with Crippen LogP contribution in [0.5, 0.6) is 0 Å². The molecule has 0 bridgehead atoms. The Bertz CT molecular complexity index is 536. The molecule has 94 valence electrons. The van der Waals surface area contributed by atoms with E-state index < -0.39 is 0 Å². The van der Waals surface area contributed by atoms with E-state index in [-0.39, 0.29) is 0 Å². The maximum Gasteiger partial charge on any atom is 0.134 e. The van der Waals surface area contributed by atoms with E-state index in [0.29, 0.717) is 11.6 Å². The van der Waals surface area contributed by atoms with Gasteiger partial charge in [-0.1, -0.05) is 34.1 Å². The number of halogens is 1. The van der Waals surface area contributed by atoms with Crippen molar-refractivity contribution in [3.05, 3.63) is 46.2 Å². The first-order valence-corrected chi connectivity index (χ1v) is 6.41. The molecule has 1 aromatic heterocycles. The fourth-order valence-corrected chi connectivity index (χ4v) is 2.14. The predicted octanol–water partition coefficient (Wildman–Crippen LogP) is 2.77. The summed E-state index contributed by atoms with van der Waals surface area (Å²) in [4.78, 5) is 10.5. The van der Waals surface area contributed by atoms with Crippen LogP contribution in [0.3, 0.4) is 0 Å². The van der Waals surface area contributed by atoms with Gasteiger partial charge in [0, 0.05) is 24.1 Å². The number of aryl methyl sites for hydroxylation is 1.